The molecule has 0 aromatic rings. The van der Waals surface area contributed by atoms with Gasteiger partial charge in [-0.3, -0.25) is 0 Å². The SMILES string of the molecule is NCCNC(=O)NCC1CCNC1. The molecule has 0 aromatic heterocycles. The molecule has 0 aromatic carbocycles. The molecule has 0 radical (unpaired) electrons. The van der Waals surface area contributed by atoms with Crippen LogP contribution in [0.15, 0.2) is 0 Å². The monoisotopic (exact) mass is 186 g/mol. The summed E-state index contributed by atoms with van der Waals surface area (Å²) in [7, 11) is 0. The van der Waals surface area contributed by atoms with Crippen molar-refractivity contribution in [1.29, 1.82) is 0 Å². The van der Waals surface area contributed by atoms with Crippen LogP contribution in [0.3, 0.4) is 0 Å². The van der Waals surface area contributed by atoms with Crippen molar-refractivity contribution in [1.82, 2.24) is 16.0 Å². The first-order valence-electron chi connectivity index (χ1n) is 4.75. The molecule has 0 spiro atoms. The normalized spacial score (nSPS) is 21.5. The van der Waals surface area contributed by atoms with Gasteiger partial charge in [-0.1, -0.05) is 0 Å². The molecule has 1 unspecified atom stereocenters. The molecule has 13 heavy (non-hydrogen) atoms. The zero-order chi connectivity index (χ0) is 9.52. The molecule has 1 saturated heterocycles. The first-order chi connectivity index (χ1) is 6.33. The summed E-state index contributed by atoms with van der Waals surface area (Å²) in [6, 6.07) is -0.114. The number of carbonyl (C=O) groups excluding carboxylic acids is 1. The molecule has 1 aliphatic rings. The molecule has 5 nitrogen and oxygen atoms in total. The Kier molecular flexibility index (Phi) is 4.56. The standard InChI is InChI=1S/C8H18N4O/c9-2-4-11-8(13)12-6-7-1-3-10-5-7/h7,10H,1-6,9H2,(H2,11,12,13). The lowest BCUT2D eigenvalue weighted by atomic mass is 10.1. The van der Waals surface area contributed by atoms with E-state index in [-0.39, 0.29) is 6.03 Å². The summed E-state index contributed by atoms with van der Waals surface area (Å²) < 4.78 is 0. The molecular formula is C8H18N4O. The van der Waals surface area contributed by atoms with Crippen molar-refractivity contribution >= 4 is 6.03 Å². The van der Waals surface area contributed by atoms with E-state index in [4.69, 9.17) is 5.73 Å². The van der Waals surface area contributed by atoms with Crippen LogP contribution in [-0.2, 0) is 0 Å². The summed E-state index contributed by atoms with van der Waals surface area (Å²) in [6.07, 6.45) is 1.15. The van der Waals surface area contributed by atoms with Gasteiger partial charge in [-0.15, -0.1) is 0 Å². The number of urea groups is 1. The fourth-order valence-corrected chi connectivity index (χ4v) is 1.37. The lowest BCUT2D eigenvalue weighted by Crippen LogP contribution is -2.40. The van der Waals surface area contributed by atoms with Crippen LogP contribution >= 0.6 is 0 Å². The molecule has 5 N–H and O–H groups in total. The summed E-state index contributed by atoms with van der Waals surface area (Å²) >= 11 is 0. The van der Waals surface area contributed by atoms with Gasteiger partial charge in [-0.2, -0.15) is 0 Å². The largest absolute Gasteiger partial charge is 0.338 e. The average Bonchev–Trinajstić information content (AvgIpc) is 2.64. The van der Waals surface area contributed by atoms with E-state index in [1.54, 1.807) is 0 Å². The Bertz CT molecular complexity index is 156. The Morgan fingerprint density at radius 3 is 3.00 bits per heavy atom. The number of nitrogens with one attached hydrogen (secondary N) is 3. The van der Waals surface area contributed by atoms with E-state index in [9.17, 15) is 4.79 Å². The summed E-state index contributed by atoms with van der Waals surface area (Å²) in [5, 5.41) is 8.72. The van der Waals surface area contributed by atoms with E-state index in [2.05, 4.69) is 16.0 Å². The fourth-order valence-electron chi connectivity index (χ4n) is 1.37. The topological polar surface area (TPSA) is 79.2 Å². The van der Waals surface area contributed by atoms with Crippen molar-refractivity contribution < 1.29 is 4.79 Å². The minimum Gasteiger partial charge on any atom is -0.338 e. The molecule has 76 valence electrons. The van der Waals surface area contributed by atoms with E-state index in [1.807, 2.05) is 0 Å². The first kappa shape index (κ1) is 10.3. The van der Waals surface area contributed by atoms with Crippen molar-refractivity contribution in [2.24, 2.45) is 11.7 Å². The van der Waals surface area contributed by atoms with Gasteiger partial charge in [0.25, 0.3) is 0 Å². The maximum atomic E-state index is 11.1. The molecule has 1 heterocycles. The van der Waals surface area contributed by atoms with E-state index < -0.39 is 0 Å². The molecule has 1 atom stereocenters. The van der Waals surface area contributed by atoms with Gasteiger partial charge >= 0.3 is 6.03 Å². The van der Waals surface area contributed by atoms with Crippen molar-refractivity contribution in [2.75, 3.05) is 32.7 Å². The van der Waals surface area contributed by atoms with Gasteiger partial charge in [0, 0.05) is 19.6 Å². The van der Waals surface area contributed by atoms with Crippen LogP contribution in [0.5, 0.6) is 0 Å². The summed E-state index contributed by atoms with van der Waals surface area (Å²) in [5.74, 6) is 0.587. The predicted octanol–water partition coefficient (Wildman–Crippen LogP) is -1.15. The molecule has 5 heteroatoms. The van der Waals surface area contributed by atoms with Crippen LogP contribution in [0.4, 0.5) is 4.79 Å². The van der Waals surface area contributed by atoms with Crippen LogP contribution in [0.2, 0.25) is 0 Å². The Hall–Kier alpha value is -0.810. The number of amides is 2. The highest BCUT2D eigenvalue weighted by Crippen LogP contribution is 2.04. The lowest BCUT2D eigenvalue weighted by Gasteiger charge is -2.10. The third kappa shape index (κ3) is 4.10. The third-order valence-corrected chi connectivity index (χ3v) is 2.14. The van der Waals surface area contributed by atoms with Gasteiger partial charge in [0.1, 0.15) is 0 Å². The zero-order valence-electron chi connectivity index (χ0n) is 7.81. The van der Waals surface area contributed by atoms with Crippen molar-refractivity contribution in [3.63, 3.8) is 0 Å². The third-order valence-electron chi connectivity index (χ3n) is 2.14. The predicted molar refractivity (Wildman–Crippen MR) is 51.4 cm³/mol. The average molecular weight is 186 g/mol. The van der Waals surface area contributed by atoms with Gasteiger partial charge in [-0.05, 0) is 25.4 Å². The van der Waals surface area contributed by atoms with Crippen molar-refractivity contribution in [3.8, 4) is 0 Å². The Morgan fingerprint density at radius 2 is 2.38 bits per heavy atom. The molecule has 1 rings (SSSR count). The van der Waals surface area contributed by atoms with Crippen LogP contribution in [0, 0.1) is 5.92 Å². The molecule has 1 fully saturated rings. The number of carbonyl (C=O) groups is 1. The second-order valence-corrected chi connectivity index (χ2v) is 3.28. The van der Waals surface area contributed by atoms with Crippen molar-refractivity contribution in [2.45, 2.75) is 6.42 Å². The number of rotatable bonds is 4. The Labute approximate surface area is 78.4 Å². The van der Waals surface area contributed by atoms with Gasteiger partial charge in [0.15, 0.2) is 0 Å². The van der Waals surface area contributed by atoms with Crippen LogP contribution in [-0.4, -0.2) is 38.8 Å². The van der Waals surface area contributed by atoms with Gasteiger partial charge in [-0.25, -0.2) is 4.79 Å². The number of hydrogen-bond donors (Lipinski definition) is 4. The maximum Gasteiger partial charge on any atom is 0.314 e. The molecule has 0 aliphatic carbocycles. The van der Waals surface area contributed by atoms with E-state index >= 15 is 0 Å². The number of hydrogen-bond acceptors (Lipinski definition) is 3. The summed E-state index contributed by atoms with van der Waals surface area (Å²) in [6.45, 7) is 3.85. The molecule has 0 bridgehead atoms. The van der Waals surface area contributed by atoms with Crippen LogP contribution in [0.25, 0.3) is 0 Å². The first-order valence-corrected chi connectivity index (χ1v) is 4.75. The highest BCUT2D eigenvalue weighted by Gasteiger charge is 2.14. The second kappa shape index (κ2) is 5.77. The fraction of sp³-hybridized carbons (Fsp3) is 0.875. The Morgan fingerprint density at radius 1 is 1.54 bits per heavy atom. The molecule has 1 aliphatic heterocycles. The van der Waals surface area contributed by atoms with Crippen molar-refractivity contribution in [3.05, 3.63) is 0 Å². The summed E-state index contributed by atoms with van der Waals surface area (Å²) in [4.78, 5) is 11.1. The lowest BCUT2D eigenvalue weighted by molar-refractivity contribution is 0.239. The smallest absolute Gasteiger partial charge is 0.314 e. The second-order valence-electron chi connectivity index (χ2n) is 3.28. The molecular weight excluding hydrogens is 168 g/mol. The Balaban J connectivity index is 2.00. The molecule has 0 saturated carbocycles. The van der Waals surface area contributed by atoms with Crippen LogP contribution < -0.4 is 21.7 Å². The van der Waals surface area contributed by atoms with Crippen LogP contribution in [0.1, 0.15) is 6.42 Å². The maximum absolute atomic E-state index is 11.1. The number of nitrogens with two attached hydrogens (primary N) is 1. The van der Waals surface area contributed by atoms with Gasteiger partial charge in [0.05, 0.1) is 0 Å². The quantitative estimate of drug-likeness (QED) is 0.448. The minimum atomic E-state index is -0.114. The zero-order valence-corrected chi connectivity index (χ0v) is 7.81. The van der Waals surface area contributed by atoms with E-state index in [0.717, 1.165) is 26.1 Å². The van der Waals surface area contributed by atoms with E-state index in [0.29, 0.717) is 19.0 Å². The highest BCUT2D eigenvalue weighted by molar-refractivity contribution is 5.73. The molecule has 2 amide bonds. The van der Waals surface area contributed by atoms with E-state index in [1.165, 1.54) is 0 Å². The van der Waals surface area contributed by atoms with Gasteiger partial charge < -0.3 is 21.7 Å². The minimum absolute atomic E-state index is 0.114. The van der Waals surface area contributed by atoms with Gasteiger partial charge in [0.2, 0.25) is 0 Å². The highest BCUT2D eigenvalue weighted by atomic mass is 16.2. The summed E-state index contributed by atoms with van der Waals surface area (Å²) in [5.41, 5.74) is 5.24.